The normalized spacial score (nSPS) is 7.50. The molecule has 0 aliphatic rings. The predicted octanol–water partition coefficient (Wildman–Crippen LogP) is -1.93. The Morgan fingerprint density at radius 2 is 2.30 bits per heavy atom. The van der Waals surface area contributed by atoms with Crippen LogP contribution in [0, 0.1) is 17.4 Å². The van der Waals surface area contributed by atoms with Crippen molar-refractivity contribution in [2.75, 3.05) is 0 Å². The van der Waals surface area contributed by atoms with Crippen LogP contribution in [0.3, 0.4) is 0 Å². The van der Waals surface area contributed by atoms with Crippen LogP contribution in [0.25, 0.3) is 0 Å². The molecule has 0 saturated heterocycles. The molecule has 0 aromatic heterocycles. The molecule has 0 fully saturated rings. The van der Waals surface area contributed by atoms with Gasteiger partial charge in [-0.2, -0.15) is 18.2 Å². The van der Waals surface area contributed by atoms with Crippen LogP contribution in [0.15, 0.2) is 18.2 Å². The SMILES string of the molecule is N#Cc1ccc[c-]c1O.[K+]. The van der Waals surface area contributed by atoms with Gasteiger partial charge >= 0.3 is 51.4 Å². The van der Waals surface area contributed by atoms with Crippen molar-refractivity contribution in [1.29, 1.82) is 5.26 Å². The zero-order valence-electron chi connectivity index (χ0n) is 5.63. The number of aromatic hydroxyl groups is 1. The van der Waals surface area contributed by atoms with Gasteiger partial charge in [-0.05, 0) is 5.56 Å². The summed E-state index contributed by atoms with van der Waals surface area (Å²) >= 11 is 0. The van der Waals surface area contributed by atoms with Crippen LogP contribution < -0.4 is 51.4 Å². The van der Waals surface area contributed by atoms with E-state index < -0.39 is 0 Å². The molecular weight excluding hydrogens is 153 g/mol. The molecule has 0 saturated carbocycles. The molecule has 0 amide bonds. The van der Waals surface area contributed by atoms with Crippen molar-refractivity contribution in [1.82, 2.24) is 0 Å². The summed E-state index contributed by atoms with van der Waals surface area (Å²) in [6, 6.07) is 9.03. The molecule has 44 valence electrons. The van der Waals surface area contributed by atoms with Crippen LogP contribution in [-0.4, -0.2) is 5.11 Å². The zero-order chi connectivity index (χ0) is 6.69. The van der Waals surface area contributed by atoms with Crippen molar-refractivity contribution in [3.8, 4) is 11.8 Å². The average molecular weight is 157 g/mol. The third-order valence-electron chi connectivity index (χ3n) is 0.955. The van der Waals surface area contributed by atoms with Crippen molar-refractivity contribution in [2.45, 2.75) is 0 Å². The molecule has 0 atom stereocenters. The second-order valence-corrected chi connectivity index (χ2v) is 1.54. The van der Waals surface area contributed by atoms with E-state index in [0.717, 1.165) is 0 Å². The number of phenolic OH excluding ortho intramolecular Hbond substituents is 1. The van der Waals surface area contributed by atoms with Crippen molar-refractivity contribution in [2.24, 2.45) is 0 Å². The van der Waals surface area contributed by atoms with Crippen LogP contribution in [-0.2, 0) is 0 Å². The first-order chi connectivity index (χ1) is 4.34. The molecule has 0 aliphatic carbocycles. The smallest absolute Gasteiger partial charge is 0.533 e. The van der Waals surface area contributed by atoms with Gasteiger partial charge in [-0.3, -0.25) is 0 Å². The Kier molecular flexibility index (Phi) is 4.96. The van der Waals surface area contributed by atoms with Gasteiger partial charge in [-0.25, -0.2) is 5.26 Å². The van der Waals surface area contributed by atoms with Gasteiger partial charge in [0, 0.05) is 11.8 Å². The fraction of sp³-hybridized carbons (Fsp3) is 0. The Bertz CT molecular complexity index is 254. The van der Waals surface area contributed by atoms with Gasteiger partial charge in [-0.15, -0.1) is 6.07 Å². The van der Waals surface area contributed by atoms with Crippen molar-refractivity contribution in [3.63, 3.8) is 0 Å². The summed E-state index contributed by atoms with van der Waals surface area (Å²) in [5.41, 5.74) is 0.262. The van der Waals surface area contributed by atoms with Gasteiger partial charge in [0.1, 0.15) is 0 Å². The molecule has 1 N–H and O–H groups in total. The minimum Gasteiger partial charge on any atom is -0.533 e. The molecule has 2 nitrogen and oxygen atoms in total. The van der Waals surface area contributed by atoms with E-state index in [9.17, 15) is 0 Å². The third kappa shape index (κ3) is 2.41. The topological polar surface area (TPSA) is 44.0 Å². The number of benzene rings is 1. The summed E-state index contributed by atoms with van der Waals surface area (Å²) in [4.78, 5) is 0. The van der Waals surface area contributed by atoms with Crippen molar-refractivity contribution < 1.29 is 56.5 Å². The van der Waals surface area contributed by atoms with Crippen molar-refractivity contribution >= 4 is 0 Å². The second-order valence-electron chi connectivity index (χ2n) is 1.54. The summed E-state index contributed by atoms with van der Waals surface area (Å²) in [5, 5.41) is 17.1. The first kappa shape index (κ1) is 10.1. The first-order valence-electron chi connectivity index (χ1n) is 2.44. The Labute approximate surface area is 102 Å². The van der Waals surface area contributed by atoms with E-state index in [0.29, 0.717) is 0 Å². The Balaban J connectivity index is 0.000000810. The number of nitrogens with zero attached hydrogens (tertiary/aromatic N) is 1. The third-order valence-corrected chi connectivity index (χ3v) is 0.955. The summed E-state index contributed by atoms with van der Waals surface area (Å²) in [6.07, 6.45) is 0. The summed E-state index contributed by atoms with van der Waals surface area (Å²) in [6.45, 7) is 0. The molecule has 0 radical (unpaired) electrons. The van der Waals surface area contributed by atoms with Crippen LogP contribution in [0.2, 0.25) is 0 Å². The largest absolute Gasteiger partial charge is 1.00 e. The zero-order valence-corrected chi connectivity index (χ0v) is 8.75. The number of para-hydroxylation sites is 1. The molecule has 0 heterocycles. The predicted molar refractivity (Wildman–Crippen MR) is 31.7 cm³/mol. The maximum atomic E-state index is 8.83. The molecule has 1 aromatic rings. The Morgan fingerprint density at radius 1 is 1.60 bits per heavy atom. The minimum atomic E-state index is -0.0833. The minimum absolute atomic E-state index is 0. The molecule has 1 aromatic carbocycles. The maximum Gasteiger partial charge on any atom is 1.00 e. The van der Waals surface area contributed by atoms with Gasteiger partial charge in [0.2, 0.25) is 0 Å². The van der Waals surface area contributed by atoms with Gasteiger partial charge in [0.05, 0.1) is 0 Å². The molecule has 3 heteroatoms. The molecule has 0 unspecified atom stereocenters. The van der Waals surface area contributed by atoms with Crippen molar-refractivity contribution in [3.05, 3.63) is 29.8 Å². The summed E-state index contributed by atoms with van der Waals surface area (Å²) in [5.74, 6) is -0.0833. The average Bonchev–Trinajstić information content (AvgIpc) is 1.89. The van der Waals surface area contributed by atoms with Gasteiger partial charge in [-0.1, -0.05) is 0 Å². The number of rotatable bonds is 0. The van der Waals surface area contributed by atoms with E-state index in [1.807, 2.05) is 6.07 Å². The van der Waals surface area contributed by atoms with E-state index in [1.165, 1.54) is 6.07 Å². The van der Waals surface area contributed by atoms with E-state index >= 15 is 0 Å². The molecule has 0 spiro atoms. The van der Waals surface area contributed by atoms with Gasteiger partial charge < -0.3 is 5.11 Å². The van der Waals surface area contributed by atoms with E-state index in [-0.39, 0.29) is 62.7 Å². The maximum absolute atomic E-state index is 8.83. The molecule has 1 rings (SSSR count). The Hall–Kier alpha value is 0.146. The fourth-order valence-electron chi connectivity index (χ4n) is 0.518. The first-order valence-corrected chi connectivity index (χ1v) is 2.44. The van der Waals surface area contributed by atoms with Crippen LogP contribution in [0.5, 0.6) is 5.75 Å². The van der Waals surface area contributed by atoms with Gasteiger partial charge in [0.15, 0.2) is 0 Å². The summed E-state index contributed by atoms with van der Waals surface area (Å²) < 4.78 is 0. The second kappa shape index (κ2) is 4.89. The quantitative estimate of drug-likeness (QED) is 0.352. The molecule has 10 heavy (non-hydrogen) atoms. The van der Waals surface area contributed by atoms with E-state index in [2.05, 4.69) is 6.07 Å². The monoisotopic (exact) mass is 157 g/mol. The number of phenols is 1. The Morgan fingerprint density at radius 3 is 2.70 bits per heavy atom. The van der Waals surface area contributed by atoms with E-state index in [1.54, 1.807) is 12.1 Å². The standard InChI is InChI=1S/C7H4NO.K/c8-5-6-3-1-2-4-7(6)9;/h1-3,9H;/q-1;+1. The fourth-order valence-corrected chi connectivity index (χ4v) is 0.518. The number of hydrogen-bond donors (Lipinski definition) is 1. The van der Waals surface area contributed by atoms with Gasteiger partial charge in [0.25, 0.3) is 0 Å². The molecule has 0 bridgehead atoms. The van der Waals surface area contributed by atoms with Crippen LogP contribution in [0.4, 0.5) is 0 Å². The van der Waals surface area contributed by atoms with E-state index in [4.69, 9.17) is 10.4 Å². The molecule has 0 aliphatic heterocycles. The number of hydrogen-bond acceptors (Lipinski definition) is 2. The van der Waals surface area contributed by atoms with Crippen LogP contribution >= 0.6 is 0 Å². The number of nitriles is 1. The summed E-state index contributed by atoms with van der Waals surface area (Å²) in [7, 11) is 0. The molecular formula is C7H4KNO. The van der Waals surface area contributed by atoms with Crippen LogP contribution in [0.1, 0.15) is 5.56 Å².